The Morgan fingerprint density at radius 1 is 1.23 bits per heavy atom. The van der Waals surface area contributed by atoms with E-state index < -0.39 is 0 Å². The molecule has 3 heteroatoms. The molecular weight excluding hydrogens is 201 g/mol. The van der Waals surface area contributed by atoms with Crippen LogP contribution in [-0.4, -0.2) is 36.2 Å². The van der Waals surface area contributed by atoms with Gasteiger partial charge in [0.25, 0.3) is 0 Å². The van der Waals surface area contributed by atoms with E-state index >= 15 is 0 Å². The van der Waals surface area contributed by atoms with Crippen LogP contribution in [0.25, 0.3) is 0 Å². The number of likely N-dealkylation sites (tertiary alicyclic amines) is 1. The maximum absolute atomic E-state index is 8.83. The van der Waals surface area contributed by atoms with Crippen molar-refractivity contribution in [3.63, 3.8) is 0 Å². The van der Waals surface area contributed by atoms with Gasteiger partial charge in [-0.15, -0.1) is 0 Å². The van der Waals surface area contributed by atoms with Crippen molar-refractivity contribution in [2.24, 2.45) is 5.92 Å². The fourth-order valence-electron chi connectivity index (χ4n) is 1.49. The summed E-state index contributed by atoms with van der Waals surface area (Å²) in [5.41, 5.74) is 0. The smallest absolute Gasteiger partial charge is 0.0460 e. The normalized spacial score (nSPS) is 18.5. The van der Waals surface area contributed by atoms with Gasteiger partial charge in [-0.2, -0.15) is 0 Å². The third kappa shape index (κ3) is 6.56. The molecule has 1 aliphatic heterocycles. The van der Waals surface area contributed by atoms with E-state index in [9.17, 15) is 0 Å². The standard InChI is InChI=1S/C8H17NO.C2H6.V/c1-2-9-5-3-8(7-10)4-6-9;1-2;/h8,10H,2-7H2,1H3;1-2H3;. The number of aliphatic hydroxyl groups excluding tert-OH is 1. The van der Waals surface area contributed by atoms with Crippen molar-refractivity contribution in [3.05, 3.63) is 0 Å². The molecule has 2 nitrogen and oxygen atoms in total. The Morgan fingerprint density at radius 3 is 2.00 bits per heavy atom. The zero-order valence-corrected chi connectivity index (χ0v) is 10.6. The number of hydrogen-bond donors (Lipinski definition) is 1. The molecule has 0 saturated carbocycles. The molecule has 79 valence electrons. The van der Waals surface area contributed by atoms with Crippen molar-refractivity contribution in [2.75, 3.05) is 26.2 Å². The van der Waals surface area contributed by atoms with Gasteiger partial charge in [-0.25, -0.2) is 0 Å². The Bertz CT molecular complexity index is 80.9. The van der Waals surface area contributed by atoms with Crippen LogP contribution in [0, 0.1) is 5.92 Å². The summed E-state index contributed by atoms with van der Waals surface area (Å²) in [7, 11) is 0. The predicted octanol–water partition coefficient (Wildman–Crippen LogP) is 1.73. The number of nitrogens with zero attached hydrogens (tertiary/aromatic N) is 1. The summed E-state index contributed by atoms with van der Waals surface area (Å²) in [4.78, 5) is 2.44. The van der Waals surface area contributed by atoms with E-state index in [1.165, 1.54) is 25.9 Å². The quantitative estimate of drug-likeness (QED) is 0.772. The average Bonchev–Trinajstić information content (AvgIpc) is 2.21. The summed E-state index contributed by atoms with van der Waals surface area (Å²) in [6, 6.07) is 0. The van der Waals surface area contributed by atoms with Crippen molar-refractivity contribution in [2.45, 2.75) is 33.6 Å². The minimum Gasteiger partial charge on any atom is -0.396 e. The van der Waals surface area contributed by atoms with Crippen LogP contribution in [0.3, 0.4) is 0 Å². The van der Waals surface area contributed by atoms with Crippen molar-refractivity contribution in [1.29, 1.82) is 0 Å². The first-order valence-corrected chi connectivity index (χ1v) is 5.20. The van der Waals surface area contributed by atoms with Crippen LogP contribution < -0.4 is 0 Å². The van der Waals surface area contributed by atoms with E-state index in [1.54, 1.807) is 0 Å². The maximum atomic E-state index is 8.83. The average molecular weight is 224 g/mol. The van der Waals surface area contributed by atoms with Crippen molar-refractivity contribution in [1.82, 2.24) is 4.90 Å². The largest absolute Gasteiger partial charge is 0.396 e. The molecule has 0 amide bonds. The second-order valence-electron chi connectivity index (χ2n) is 3.06. The predicted molar refractivity (Wildman–Crippen MR) is 53.3 cm³/mol. The van der Waals surface area contributed by atoms with Gasteiger partial charge in [0.15, 0.2) is 0 Å². The molecule has 0 bridgehead atoms. The Hall–Kier alpha value is 0.504. The molecule has 0 unspecified atom stereocenters. The zero-order valence-electron chi connectivity index (χ0n) is 9.16. The van der Waals surface area contributed by atoms with Crippen LogP contribution in [0.5, 0.6) is 0 Å². The first-order valence-electron chi connectivity index (χ1n) is 5.20. The van der Waals surface area contributed by atoms with Crippen LogP contribution in [0.15, 0.2) is 0 Å². The fraction of sp³-hybridized carbons (Fsp3) is 1.00. The van der Waals surface area contributed by atoms with Gasteiger partial charge in [-0.3, -0.25) is 0 Å². The number of aliphatic hydroxyl groups is 1. The fourth-order valence-corrected chi connectivity index (χ4v) is 1.49. The monoisotopic (exact) mass is 224 g/mol. The Balaban J connectivity index is 0. The molecule has 0 aromatic carbocycles. The van der Waals surface area contributed by atoms with Gasteiger partial charge < -0.3 is 10.0 Å². The summed E-state index contributed by atoms with van der Waals surface area (Å²) in [5.74, 6) is 0.586. The second-order valence-corrected chi connectivity index (χ2v) is 3.06. The Morgan fingerprint density at radius 2 is 1.69 bits per heavy atom. The van der Waals surface area contributed by atoms with Crippen LogP contribution in [0.2, 0.25) is 0 Å². The van der Waals surface area contributed by atoms with Crippen molar-refractivity contribution < 1.29 is 23.7 Å². The molecule has 1 saturated heterocycles. The second kappa shape index (κ2) is 10.6. The van der Waals surface area contributed by atoms with Gasteiger partial charge in [0.05, 0.1) is 0 Å². The van der Waals surface area contributed by atoms with Gasteiger partial charge in [0.2, 0.25) is 0 Å². The number of hydrogen-bond acceptors (Lipinski definition) is 2. The van der Waals surface area contributed by atoms with Crippen LogP contribution >= 0.6 is 0 Å². The van der Waals surface area contributed by atoms with Gasteiger partial charge >= 0.3 is 0 Å². The first kappa shape index (κ1) is 16.0. The van der Waals surface area contributed by atoms with E-state index in [2.05, 4.69) is 11.8 Å². The molecule has 0 aliphatic carbocycles. The van der Waals surface area contributed by atoms with Gasteiger partial charge in [0, 0.05) is 25.2 Å². The third-order valence-corrected chi connectivity index (χ3v) is 2.41. The maximum Gasteiger partial charge on any atom is 0.0460 e. The molecular formula is C10H23NOV. The Labute approximate surface area is 94.6 Å². The van der Waals surface area contributed by atoms with Gasteiger partial charge in [0.1, 0.15) is 0 Å². The molecule has 0 spiro atoms. The summed E-state index contributed by atoms with van der Waals surface area (Å²) in [6.45, 7) is 10.1. The third-order valence-electron chi connectivity index (χ3n) is 2.41. The van der Waals surface area contributed by atoms with Crippen molar-refractivity contribution >= 4 is 0 Å². The zero-order chi connectivity index (χ0) is 9.40. The molecule has 13 heavy (non-hydrogen) atoms. The number of rotatable bonds is 2. The van der Waals surface area contributed by atoms with Crippen LogP contribution in [0.1, 0.15) is 33.6 Å². The SMILES string of the molecule is CC.CCN1CCC(CO)CC1.[V]. The van der Waals surface area contributed by atoms with E-state index in [4.69, 9.17) is 5.11 Å². The van der Waals surface area contributed by atoms with Gasteiger partial charge in [-0.05, 0) is 38.4 Å². The molecule has 1 radical (unpaired) electrons. The van der Waals surface area contributed by atoms with Crippen molar-refractivity contribution in [3.8, 4) is 0 Å². The van der Waals surface area contributed by atoms with E-state index in [1.807, 2.05) is 13.8 Å². The molecule has 1 heterocycles. The van der Waals surface area contributed by atoms with Crippen LogP contribution in [0.4, 0.5) is 0 Å². The van der Waals surface area contributed by atoms with E-state index in [-0.39, 0.29) is 18.6 Å². The number of piperidine rings is 1. The molecule has 0 atom stereocenters. The first-order chi connectivity index (χ1) is 5.86. The molecule has 0 aromatic heterocycles. The van der Waals surface area contributed by atoms with E-state index in [0.29, 0.717) is 12.5 Å². The van der Waals surface area contributed by atoms with Crippen LogP contribution in [-0.2, 0) is 18.6 Å². The summed E-state index contributed by atoms with van der Waals surface area (Å²) in [6.07, 6.45) is 2.37. The minimum absolute atomic E-state index is 0. The van der Waals surface area contributed by atoms with E-state index in [0.717, 1.165) is 6.54 Å². The molecule has 0 aromatic rings. The molecule has 1 aliphatic rings. The summed E-state index contributed by atoms with van der Waals surface area (Å²) >= 11 is 0. The molecule has 1 fully saturated rings. The summed E-state index contributed by atoms with van der Waals surface area (Å²) < 4.78 is 0. The molecule has 1 N–H and O–H groups in total. The van der Waals surface area contributed by atoms with Gasteiger partial charge in [-0.1, -0.05) is 20.8 Å². The molecule has 1 rings (SSSR count). The summed E-state index contributed by atoms with van der Waals surface area (Å²) in [5, 5.41) is 8.83. The topological polar surface area (TPSA) is 23.5 Å². The minimum atomic E-state index is 0. The Kier molecular flexibility index (Phi) is 13.0.